The molecule has 1 saturated heterocycles. The Morgan fingerprint density at radius 1 is 1.19 bits per heavy atom. The van der Waals surface area contributed by atoms with Crippen molar-refractivity contribution in [2.45, 2.75) is 18.2 Å². The zero-order valence-electron chi connectivity index (χ0n) is 11.2. The number of hydrogen-bond donors (Lipinski definition) is 0. The predicted molar refractivity (Wildman–Crippen MR) is 69.4 cm³/mol. The van der Waals surface area contributed by atoms with E-state index in [1.54, 1.807) is 0 Å². The van der Waals surface area contributed by atoms with Crippen LogP contribution in [0.5, 0.6) is 0 Å². The third-order valence-corrected chi connectivity index (χ3v) is 3.49. The maximum atomic E-state index is 13.3. The van der Waals surface area contributed by atoms with Crippen LogP contribution in [0, 0.1) is 11.6 Å². The molecule has 120 valence electrons. The zero-order valence-corrected chi connectivity index (χ0v) is 12.0. The van der Waals surface area contributed by atoms with Crippen molar-refractivity contribution in [3.63, 3.8) is 0 Å². The number of halogens is 6. The summed E-state index contributed by atoms with van der Waals surface area (Å²) in [5, 5.41) is 0. The van der Waals surface area contributed by atoms with Crippen molar-refractivity contribution in [2.75, 3.05) is 26.7 Å². The molecular weight excluding hydrogens is 317 g/mol. The summed E-state index contributed by atoms with van der Waals surface area (Å²) < 4.78 is 69.0. The molecule has 0 aliphatic carbocycles. The van der Waals surface area contributed by atoms with Crippen molar-refractivity contribution < 1.29 is 26.7 Å². The van der Waals surface area contributed by atoms with Gasteiger partial charge in [-0.05, 0) is 24.1 Å². The van der Waals surface area contributed by atoms with Gasteiger partial charge in [-0.2, -0.15) is 13.2 Å². The highest BCUT2D eigenvalue weighted by Gasteiger charge is 2.43. The second-order valence-corrected chi connectivity index (χ2v) is 4.93. The molecule has 21 heavy (non-hydrogen) atoms. The fourth-order valence-corrected chi connectivity index (χ4v) is 2.58. The van der Waals surface area contributed by atoms with E-state index in [9.17, 15) is 22.0 Å². The highest BCUT2D eigenvalue weighted by Crippen LogP contribution is 2.37. The molecule has 1 heterocycles. The standard InChI is InChI=1S/C13H14F5NO.ClH/c1-20-12(9-4-10(14)6-11(15)5-9)2-3-19(7-12)8-13(16,17)18;/h4-6H,2-3,7-8H2,1H3;1H. The maximum absolute atomic E-state index is 13.3. The number of hydrogen-bond acceptors (Lipinski definition) is 2. The number of benzene rings is 1. The van der Waals surface area contributed by atoms with Crippen molar-refractivity contribution >= 4 is 12.4 Å². The summed E-state index contributed by atoms with van der Waals surface area (Å²) in [6.45, 7) is -0.951. The number of rotatable bonds is 3. The van der Waals surface area contributed by atoms with Crippen LogP contribution in [0.25, 0.3) is 0 Å². The summed E-state index contributed by atoms with van der Waals surface area (Å²) in [7, 11) is 1.33. The Morgan fingerprint density at radius 2 is 1.76 bits per heavy atom. The van der Waals surface area contributed by atoms with Gasteiger partial charge in [-0.3, -0.25) is 4.90 Å². The highest BCUT2D eigenvalue weighted by molar-refractivity contribution is 5.85. The van der Waals surface area contributed by atoms with E-state index in [-0.39, 0.29) is 37.5 Å². The summed E-state index contributed by atoms with van der Waals surface area (Å²) in [6.07, 6.45) is -4.06. The topological polar surface area (TPSA) is 12.5 Å². The smallest absolute Gasteiger partial charge is 0.372 e. The Morgan fingerprint density at radius 3 is 2.24 bits per heavy atom. The minimum absolute atomic E-state index is 0. The number of nitrogens with zero attached hydrogens (tertiary/aromatic N) is 1. The molecule has 1 unspecified atom stereocenters. The van der Waals surface area contributed by atoms with Crippen LogP contribution in [0.15, 0.2) is 18.2 Å². The Balaban J connectivity index is 0.00000220. The molecule has 0 saturated carbocycles. The molecule has 1 aliphatic rings. The van der Waals surface area contributed by atoms with Crippen molar-refractivity contribution in [3.05, 3.63) is 35.4 Å². The van der Waals surface area contributed by atoms with Gasteiger partial charge in [0.15, 0.2) is 0 Å². The lowest BCUT2D eigenvalue weighted by molar-refractivity contribution is -0.146. The first-order valence-electron chi connectivity index (χ1n) is 6.05. The van der Waals surface area contributed by atoms with E-state index < -0.39 is 30.0 Å². The van der Waals surface area contributed by atoms with Gasteiger partial charge < -0.3 is 4.74 Å². The quantitative estimate of drug-likeness (QED) is 0.786. The minimum Gasteiger partial charge on any atom is -0.372 e. The molecule has 0 N–H and O–H groups in total. The second-order valence-electron chi connectivity index (χ2n) is 4.93. The average Bonchev–Trinajstić information content (AvgIpc) is 2.70. The lowest BCUT2D eigenvalue weighted by Crippen LogP contribution is -2.37. The Labute approximate surface area is 125 Å². The molecular formula is C13H15ClF5NO. The van der Waals surface area contributed by atoms with Crippen molar-refractivity contribution in [1.29, 1.82) is 0 Å². The van der Waals surface area contributed by atoms with Gasteiger partial charge in [0, 0.05) is 26.3 Å². The van der Waals surface area contributed by atoms with E-state index in [0.29, 0.717) is 0 Å². The Hall–Kier alpha value is -0.920. The summed E-state index contributed by atoms with van der Waals surface area (Å²) in [5.74, 6) is -1.55. The fourth-order valence-electron chi connectivity index (χ4n) is 2.58. The zero-order chi connectivity index (χ0) is 15.0. The highest BCUT2D eigenvalue weighted by atomic mass is 35.5. The average molecular weight is 332 g/mol. The molecule has 0 amide bonds. The van der Waals surface area contributed by atoms with Crippen molar-refractivity contribution in [1.82, 2.24) is 4.90 Å². The van der Waals surface area contributed by atoms with Crippen LogP contribution in [0.1, 0.15) is 12.0 Å². The minimum atomic E-state index is -4.31. The molecule has 1 aliphatic heterocycles. The molecule has 0 bridgehead atoms. The normalized spacial score (nSPS) is 23.1. The molecule has 1 aromatic rings. The van der Waals surface area contributed by atoms with Gasteiger partial charge in [0.25, 0.3) is 0 Å². The second kappa shape index (κ2) is 6.46. The van der Waals surface area contributed by atoms with E-state index in [1.165, 1.54) is 12.0 Å². The maximum Gasteiger partial charge on any atom is 0.401 e. The summed E-state index contributed by atoms with van der Waals surface area (Å²) in [4.78, 5) is 1.17. The molecule has 1 atom stereocenters. The molecule has 0 spiro atoms. The van der Waals surface area contributed by atoms with Crippen molar-refractivity contribution in [2.24, 2.45) is 0 Å². The molecule has 1 aromatic carbocycles. The summed E-state index contributed by atoms with van der Waals surface area (Å²) in [5.41, 5.74) is -0.879. The largest absolute Gasteiger partial charge is 0.401 e. The SMILES string of the molecule is COC1(c2cc(F)cc(F)c2)CCN(CC(F)(F)F)C1.Cl. The van der Waals surface area contributed by atoms with Gasteiger partial charge in [-0.25, -0.2) is 8.78 Å². The molecule has 0 radical (unpaired) electrons. The fraction of sp³-hybridized carbons (Fsp3) is 0.538. The van der Waals surface area contributed by atoms with E-state index in [2.05, 4.69) is 0 Å². The van der Waals surface area contributed by atoms with Gasteiger partial charge in [-0.15, -0.1) is 12.4 Å². The third kappa shape index (κ3) is 4.28. The van der Waals surface area contributed by atoms with Crippen LogP contribution in [0.4, 0.5) is 22.0 Å². The molecule has 1 fully saturated rings. The van der Waals surface area contributed by atoms with Crippen LogP contribution in [0.3, 0.4) is 0 Å². The van der Waals surface area contributed by atoms with Crippen LogP contribution in [-0.2, 0) is 10.3 Å². The van der Waals surface area contributed by atoms with Crippen LogP contribution in [0.2, 0.25) is 0 Å². The monoisotopic (exact) mass is 331 g/mol. The Kier molecular flexibility index (Phi) is 5.57. The van der Waals surface area contributed by atoms with Gasteiger partial charge in [0.1, 0.15) is 17.2 Å². The number of methoxy groups -OCH3 is 1. The van der Waals surface area contributed by atoms with Gasteiger partial charge >= 0.3 is 6.18 Å². The molecule has 8 heteroatoms. The molecule has 0 aromatic heterocycles. The molecule has 2 rings (SSSR count). The van der Waals surface area contributed by atoms with E-state index in [0.717, 1.165) is 18.2 Å². The van der Waals surface area contributed by atoms with E-state index in [1.807, 2.05) is 0 Å². The van der Waals surface area contributed by atoms with E-state index in [4.69, 9.17) is 4.74 Å². The predicted octanol–water partition coefficient (Wildman–Crippen LogP) is 3.50. The number of likely N-dealkylation sites (tertiary alicyclic amines) is 1. The summed E-state index contributed by atoms with van der Waals surface area (Å²) >= 11 is 0. The number of alkyl halides is 3. The lowest BCUT2D eigenvalue weighted by Gasteiger charge is -2.29. The Bertz CT molecular complexity index is 476. The first-order chi connectivity index (χ1) is 9.24. The summed E-state index contributed by atoms with van der Waals surface area (Å²) in [6, 6.07) is 2.92. The van der Waals surface area contributed by atoms with Crippen LogP contribution in [-0.4, -0.2) is 37.8 Å². The van der Waals surface area contributed by atoms with Crippen molar-refractivity contribution in [3.8, 4) is 0 Å². The molecule has 2 nitrogen and oxygen atoms in total. The first kappa shape index (κ1) is 18.1. The van der Waals surface area contributed by atoms with Gasteiger partial charge in [0.05, 0.1) is 6.54 Å². The van der Waals surface area contributed by atoms with Gasteiger partial charge in [-0.1, -0.05) is 0 Å². The van der Waals surface area contributed by atoms with Crippen LogP contribution < -0.4 is 0 Å². The first-order valence-corrected chi connectivity index (χ1v) is 6.05. The number of ether oxygens (including phenoxy) is 1. The third-order valence-electron chi connectivity index (χ3n) is 3.49. The van der Waals surface area contributed by atoms with E-state index >= 15 is 0 Å². The van der Waals surface area contributed by atoms with Crippen LogP contribution >= 0.6 is 12.4 Å². The lowest BCUT2D eigenvalue weighted by atomic mass is 9.92. The van der Waals surface area contributed by atoms with Gasteiger partial charge in [0.2, 0.25) is 0 Å².